The summed E-state index contributed by atoms with van der Waals surface area (Å²) < 4.78 is 16.2. The van der Waals surface area contributed by atoms with E-state index < -0.39 is 11.9 Å². The van der Waals surface area contributed by atoms with Crippen LogP contribution in [0.2, 0.25) is 5.02 Å². The van der Waals surface area contributed by atoms with Gasteiger partial charge in [-0.15, -0.1) is 0 Å². The molecule has 1 N–H and O–H groups in total. The second kappa shape index (κ2) is 8.12. The van der Waals surface area contributed by atoms with E-state index in [0.717, 1.165) is 5.56 Å². The number of methoxy groups -OCH3 is 2. The largest absolute Gasteiger partial charge is 0.493 e. The van der Waals surface area contributed by atoms with Crippen molar-refractivity contribution < 1.29 is 23.8 Å². The van der Waals surface area contributed by atoms with Crippen molar-refractivity contribution in [3.63, 3.8) is 0 Å². The molecule has 0 fully saturated rings. The molecule has 1 heterocycles. The number of ketones is 1. The number of benzene rings is 2. The predicted molar refractivity (Wildman–Crippen MR) is 117 cm³/mol. The molecule has 0 saturated heterocycles. The molecular formula is C24H22ClNO5. The molecule has 0 bridgehead atoms. The van der Waals surface area contributed by atoms with Crippen LogP contribution in [0.15, 0.2) is 53.2 Å². The Morgan fingerprint density at radius 3 is 2.52 bits per heavy atom. The average molecular weight is 440 g/mol. The number of rotatable bonds is 5. The molecular weight excluding hydrogens is 418 g/mol. The first-order valence-corrected chi connectivity index (χ1v) is 10.2. The summed E-state index contributed by atoms with van der Waals surface area (Å²) in [5.74, 6) is -0.490. The van der Waals surface area contributed by atoms with Gasteiger partial charge in [0.15, 0.2) is 17.3 Å². The Bertz CT molecular complexity index is 1160. The third-order valence-electron chi connectivity index (χ3n) is 5.53. The Kier molecular flexibility index (Phi) is 5.50. The van der Waals surface area contributed by atoms with Crippen LogP contribution in [0.4, 0.5) is 0 Å². The lowest BCUT2D eigenvalue weighted by molar-refractivity contribution is -0.136. The molecule has 0 saturated carbocycles. The highest BCUT2D eigenvalue weighted by molar-refractivity contribution is 6.32. The van der Waals surface area contributed by atoms with Crippen molar-refractivity contribution in [2.75, 3.05) is 20.8 Å². The molecule has 1 atom stereocenters. The maximum Gasteiger partial charge on any atom is 0.336 e. The maximum atomic E-state index is 13.4. The van der Waals surface area contributed by atoms with Crippen LogP contribution in [-0.4, -0.2) is 32.6 Å². The van der Waals surface area contributed by atoms with Gasteiger partial charge in [-0.3, -0.25) is 4.79 Å². The van der Waals surface area contributed by atoms with E-state index in [1.165, 1.54) is 14.2 Å². The molecule has 1 aliphatic carbocycles. The van der Waals surface area contributed by atoms with Crippen molar-refractivity contribution in [1.82, 2.24) is 5.32 Å². The molecule has 0 spiro atoms. The Morgan fingerprint density at radius 1 is 1.16 bits per heavy atom. The number of ether oxygens (including phenoxy) is 3. The minimum Gasteiger partial charge on any atom is -0.493 e. The van der Waals surface area contributed by atoms with E-state index in [2.05, 4.69) is 5.32 Å². The predicted octanol–water partition coefficient (Wildman–Crippen LogP) is 4.49. The average Bonchev–Trinajstić information content (AvgIpc) is 3.05. The Labute approximate surface area is 185 Å². The molecule has 0 aromatic heterocycles. The van der Waals surface area contributed by atoms with Gasteiger partial charge >= 0.3 is 5.97 Å². The van der Waals surface area contributed by atoms with Gasteiger partial charge in [-0.2, -0.15) is 0 Å². The third-order valence-corrected chi connectivity index (χ3v) is 5.81. The zero-order chi connectivity index (χ0) is 22.3. The minimum absolute atomic E-state index is 0.138. The fourth-order valence-electron chi connectivity index (χ4n) is 4.23. The first kappa shape index (κ1) is 21.0. The lowest BCUT2D eigenvalue weighted by Crippen LogP contribution is -2.29. The Balaban J connectivity index is 1.96. The van der Waals surface area contributed by atoms with E-state index in [0.29, 0.717) is 56.8 Å². The summed E-state index contributed by atoms with van der Waals surface area (Å²) in [6.45, 7) is 4.06. The lowest BCUT2D eigenvalue weighted by atomic mass is 9.79. The highest BCUT2D eigenvalue weighted by Gasteiger charge is 2.43. The Morgan fingerprint density at radius 2 is 1.87 bits per heavy atom. The molecule has 0 amide bonds. The van der Waals surface area contributed by atoms with Crippen LogP contribution >= 0.6 is 11.6 Å². The smallest absolute Gasteiger partial charge is 0.336 e. The maximum absolute atomic E-state index is 13.4. The monoisotopic (exact) mass is 439 g/mol. The number of hydrogen-bond acceptors (Lipinski definition) is 6. The first-order valence-electron chi connectivity index (χ1n) is 9.87. The van der Waals surface area contributed by atoms with E-state index in [1.807, 2.05) is 25.1 Å². The number of halogens is 1. The molecule has 6 nitrogen and oxygen atoms in total. The number of esters is 1. The van der Waals surface area contributed by atoms with Crippen molar-refractivity contribution in [3.8, 4) is 11.5 Å². The van der Waals surface area contributed by atoms with Crippen LogP contribution in [0.1, 0.15) is 41.3 Å². The van der Waals surface area contributed by atoms with Crippen molar-refractivity contribution in [3.05, 3.63) is 75.0 Å². The zero-order valence-corrected chi connectivity index (χ0v) is 18.4. The van der Waals surface area contributed by atoms with Gasteiger partial charge in [-0.05, 0) is 31.5 Å². The highest BCUT2D eigenvalue weighted by Crippen LogP contribution is 2.49. The summed E-state index contributed by atoms with van der Waals surface area (Å²) in [6, 6.07) is 10.8. The number of Topliss-reactive ketones (excluding diaryl/α,β-unsaturated/α-hetero) is 1. The zero-order valence-electron chi connectivity index (χ0n) is 17.7. The van der Waals surface area contributed by atoms with Crippen LogP contribution in [-0.2, 0) is 9.53 Å². The van der Waals surface area contributed by atoms with Gasteiger partial charge in [-0.25, -0.2) is 4.79 Å². The van der Waals surface area contributed by atoms with Crippen LogP contribution < -0.4 is 14.8 Å². The van der Waals surface area contributed by atoms with Gasteiger partial charge < -0.3 is 19.5 Å². The summed E-state index contributed by atoms with van der Waals surface area (Å²) in [4.78, 5) is 26.2. The number of carbonyl (C=O) groups is 2. The van der Waals surface area contributed by atoms with E-state index in [9.17, 15) is 9.59 Å². The number of dihydropyridines is 1. The first-order chi connectivity index (χ1) is 14.9. The van der Waals surface area contributed by atoms with Gasteiger partial charge in [0.2, 0.25) is 0 Å². The number of hydrogen-bond donors (Lipinski definition) is 1. The summed E-state index contributed by atoms with van der Waals surface area (Å²) in [5, 5.41) is 3.59. The standard InChI is InChI=1S/C24H22ClNO5/c1-5-31-23-16(25)10-13(11-17(23)29-3)19-18(24(28)30-4)12(2)26-21-14-8-6-7-9-15(14)22(27)20(19)21/h6-11,19,26H,5H2,1-4H3. The highest BCUT2D eigenvalue weighted by atomic mass is 35.5. The molecule has 160 valence electrons. The molecule has 7 heteroatoms. The summed E-state index contributed by atoms with van der Waals surface area (Å²) in [5.41, 5.74) is 4.18. The molecule has 1 unspecified atom stereocenters. The second-order valence-corrected chi connectivity index (χ2v) is 7.63. The fourth-order valence-corrected chi connectivity index (χ4v) is 4.51. The Hall–Kier alpha value is -3.25. The van der Waals surface area contributed by atoms with Crippen molar-refractivity contribution in [2.24, 2.45) is 0 Å². The summed E-state index contributed by atoms with van der Waals surface area (Å²) in [7, 11) is 2.84. The molecule has 31 heavy (non-hydrogen) atoms. The van der Waals surface area contributed by atoms with E-state index in [1.54, 1.807) is 25.1 Å². The quantitative estimate of drug-likeness (QED) is 0.692. The topological polar surface area (TPSA) is 73.9 Å². The van der Waals surface area contributed by atoms with Crippen molar-refractivity contribution >= 4 is 29.1 Å². The summed E-state index contributed by atoms with van der Waals surface area (Å²) in [6.07, 6.45) is 0. The SMILES string of the molecule is CCOc1c(Cl)cc(C2C(C(=O)OC)=C(C)NC3=C2C(=O)c2ccccc23)cc1OC. The van der Waals surface area contributed by atoms with Gasteiger partial charge in [0.25, 0.3) is 0 Å². The van der Waals surface area contributed by atoms with E-state index >= 15 is 0 Å². The second-order valence-electron chi connectivity index (χ2n) is 7.22. The lowest BCUT2D eigenvalue weighted by Gasteiger charge is -2.29. The molecule has 2 aliphatic rings. The van der Waals surface area contributed by atoms with E-state index in [4.69, 9.17) is 25.8 Å². The number of nitrogens with one attached hydrogen (secondary N) is 1. The van der Waals surface area contributed by atoms with Crippen LogP contribution in [0.5, 0.6) is 11.5 Å². The van der Waals surface area contributed by atoms with Gasteiger partial charge in [0.1, 0.15) is 0 Å². The van der Waals surface area contributed by atoms with Crippen LogP contribution in [0.3, 0.4) is 0 Å². The van der Waals surface area contributed by atoms with Crippen LogP contribution in [0.25, 0.3) is 5.70 Å². The number of allylic oxidation sites excluding steroid dienone is 2. The summed E-state index contributed by atoms with van der Waals surface area (Å²) >= 11 is 6.52. The van der Waals surface area contributed by atoms with E-state index in [-0.39, 0.29) is 5.78 Å². The normalized spacial score (nSPS) is 17.2. The van der Waals surface area contributed by atoms with Gasteiger partial charge in [0, 0.05) is 28.3 Å². The number of fused-ring (bicyclic) bond motifs is 2. The van der Waals surface area contributed by atoms with Crippen molar-refractivity contribution in [1.29, 1.82) is 0 Å². The third kappa shape index (κ3) is 3.27. The molecule has 4 rings (SSSR count). The molecule has 2 aromatic rings. The van der Waals surface area contributed by atoms with Crippen molar-refractivity contribution in [2.45, 2.75) is 19.8 Å². The fraction of sp³-hybridized carbons (Fsp3) is 0.250. The molecule has 2 aromatic carbocycles. The van der Waals surface area contributed by atoms with Crippen LogP contribution in [0, 0.1) is 0 Å². The molecule has 0 radical (unpaired) electrons. The number of carbonyl (C=O) groups excluding carboxylic acids is 2. The molecule has 1 aliphatic heterocycles. The van der Waals surface area contributed by atoms with Gasteiger partial charge in [0.05, 0.1) is 37.1 Å². The minimum atomic E-state index is -0.675. The van der Waals surface area contributed by atoms with Gasteiger partial charge in [-0.1, -0.05) is 35.9 Å².